The molecule has 0 amide bonds. The summed E-state index contributed by atoms with van der Waals surface area (Å²) < 4.78 is 0. The van der Waals surface area contributed by atoms with E-state index in [0.29, 0.717) is 6.54 Å². The number of aryl methyl sites for hydroxylation is 2. The van der Waals surface area contributed by atoms with E-state index >= 15 is 0 Å². The summed E-state index contributed by atoms with van der Waals surface area (Å²) in [5, 5.41) is 1.12. The van der Waals surface area contributed by atoms with Crippen LogP contribution in [0.25, 0.3) is 0 Å². The minimum Gasteiger partial charge on any atom is -0.326 e. The minimum absolute atomic E-state index is 0.634. The summed E-state index contributed by atoms with van der Waals surface area (Å²) in [5.74, 6) is 0. The molecule has 10 heavy (non-hydrogen) atoms. The second-order valence-electron chi connectivity index (χ2n) is 2.16. The van der Waals surface area contributed by atoms with E-state index in [1.165, 1.54) is 10.6 Å². The molecule has 56 valence electrons. The van der Waals surface area contributed by atoms with Gasteiger partial charge in [-0.3, -0.25) is 0 Å². The van der Waals surface area contributed by atoms with Crippen LogP contribution >= 0.6 is 11.3 Å². The van der Waals surface area contributed by atoms with Gasteiger partial charge >= 0.3 is 0 Å². The molecule has 2 nitrogen and oxygen atoms in total. The highest BCUT2D eigenvalue weighted by molar-refractivity contribution is 7.11. The first-order valence-corrected chi connectivity index (χ1v) is 4.24. The highest BCUT2D eigenvalue weighted by atomic mass is 32.1. The molecule has 1 aromatic heterocycles. The number of nitrogens with two attached hydrogens (primary N) is 1. The smallest absolute Gasteiger partial charge is 0.0900 e. The largest absolute Gasteiger partial charge is 0.326 e. The topological polar surface area (TPSA) is 38.9 Å². The van der Waals surface area contributed by atoms with Crippen LogP contribution in [0, 0.1) is 6.92 Å². The molecule has 1 rings (SSSR count). The van der Waals surface area contributed by atoms with Crippen molar-refractivity contribution in [1.82, 2.24) is 4.98 Å². The zero-order chi connectivity index (χ0) is 7.56. The van der Waals surface area contributed by atoms with Crippen LogP contribution in [0.15, 0.2) is 0 Å². The number of hydrogen-bond acceptors (Lipinski definition) is 3. The van der Waals surface area contributed by atoms with Gasteiger partial charge in [0.15, 0.2) is 0 Å². The molecule has 3 heteroatoms. The van der Waals surface area contributed by atoms with Gasteiger partial charge in [0.25, 0.3) is 0 Å². The molecule has 1 aromatic rings. The Bertz CT molecular complexity index is 196. The third-order valence-corrected chi connectivity index (χ3v) is 2.44. The maximum absolute atomic E-state index is 5.51. The summed E-state index contributed by atoms with van der Waals surface area (Å²) in [6, 6.07) is 0. The van der Waals surface area contributed by atoms with Crippen molar-refractivity contribution >= 4 is 11.3 Å². The number of nitrogens with zero attached hydrogens (tertiary/aromatic N) is 1. The average Bonchev–Trinajstić information content (AvgIpc) is 2.30. The number of hydrogen-bond donors (Lipinski definition) is 1. The van der Waals surface area contributed by atoms with Crippen molar-refractivity contribution in [3.63, 3.8) is 0 Å². The minimum atomic E-state index is 0.634. The molecule has 0 saturated carbocycles. The van der Waals surface area contributed by atoms with Gasteiger partial charge < -0.3 is 5.73 Å². The lowest BCUT2D eigenvalue weighted by molar-refractivity contribution is 0.980. The van der Waals surface area contributed by atoms with E-state index in [4.69, 9.17) is 5.73 Å². The van der Waals surface area contributed by atoms with E-state index in [2.05, 4.69) is 11.9 Å². The maximum atomic E-state index is 5.51. The van der Waals surface area contributed by atoms with Crippen molar-refractivity contribution in [3.8, 4) is 0 Å². The fourth-order valence-electron chi connectivity index (χ4n) is 0.948. The van der Waals surface area contributed by atoms with Gasteiger partial charge in [-0.05, 0) is 13.3 Å². The first-order chi connectivity index (χ1) is 4.77. The predicted octanol–water partition coefficient (Wildman–Crippen LogP) is 1.47. The van der Waals surface area contributed by atoms with E-state index < -0.39 is 0 Å². The van der Waals surface area contributed by atoms with Crippen LogP contribution in [0.4, 0.5) is 0 Å². The molecule has 0 fully saturated rings. The van der Waals surface area contributed by atoms with E-state index in [0.717, 1.165) is 11.4 Å². The van der Waals surface area contributed by atoms with Gasteiger partial charge in [0.2, 0.25) is 0 Å². The van der Waals surface area contributed by atoms with Gasteiger partial charge in [-0.2, -0.15) is 0 Å². The van der Waals surface area contributed by atoms with Crippen molar-refractivity contribution in [1.29, 1.82) is 0 Å². The van der Waals surface area contributed by atoms with E-state index in [1.54, 1.807) is 11.3 Å². The first-order valence-electron chi connectivity index (χ1n) is 3.43. The number of thiazole rings is 1. The summed E-state index contributed by atoms with van der Waals surface area (Å²) in [7, 11) is 0. The summed E-state index contributed by atoms with van der Waals surface area (Å²) in [6.45, 7) is 4.76. The summed E-state index contributed by atoms with van der Waals surface area (Å²) in [6.07, 6.45) is 0.997. The molecule has 0 unspecified atom stereocenters. The number of aromatic nitrogens is 1. The Hall–Kier alpha value is -0.410. The lowest BCUT2D eigenvalue weighted by Gasteiger charge is -1.91. The molecule has 0 saturated heterocycles. The van der Waals surface area contributed by atoms with Crippen LogP contribution in [0.1, 0.15) is 22.5 Å². The van der Waals surface area contributed by atoms with Gasteiger partial charge in [0.05, 0.1) is 10.7 Å². The van der Waals surface area contributed by atoms with E-state index in [9.17, 15) is 0 Å². The SMILES string of the molecule is CCc1nc(C)sc1CN. The third-order valence-electron chi connectivity index (χ3n) is 1.41. The van der Waals surface area contributed by atoms with Crippen molar-refractivity contribution < 1.29 is 0 Å². The lowest BCUT2D eigenvalue weighted by Crippen LogP contribution is -1.96. The zero-order valence-electron chi connectivity index (χ0n) is 6.35. The van der Waals surface area contributed by atoms with Crippen molar-refractivity contribution in [2.75, 3.05) is 0 Å². The Labute approximate surface area is 65.1 Å². The lowest BCUT2D eigenvalue weighted by atomic mass is 10.3. The van der Waals surface area contributed by atoms with Crippen molar-refractivity contribution in [3.05, 3.63) is 15.6 Å². The molecule has 0 aliphatic heterocycles. The second kappa shape index (κ2) is 3.12. The predicted molar refractivity (Wildman–Crippen MR) is 44.1 cm³/mol. The van der Waals surface area contributed by atoms with Crippen molar-refractivity contribution in [2.24, 2.45) is 5.73 Å². The molecule has 2 N–H and O–H groups in total. The Morgan fingerprint density at radius 2 is 2.30 bits per heavy atom. The third kappa shape index (κ3) is 1.36. The summed E-state index contributed by atoms with van der Waals surface area (Å²) in [4.78, 5) is 5.57. The van der Waals surface area contributed by atoms with Gasteiger partial charge in [-0.1, -0.05) is 6.92 Å². The summed E-state index contributed by atoms with van der Waals surface area (Å²) >= 11 is 1.70. The van der Waals surface area contributed by atoms with Crippen LogP contribution in [-0.2, 0) is 13.0 Å². The van der Waals surface area contributed by atoms with Gasteiger partial charge in [-0.15, -0.1) is 11.3 Å². The van der Waals surface area contributed by atoms with E-state index in [1.807, 2.05) is 6.92 Å². The van der Waals surface area contributed by atoms with Gasteiger partial charge in [0.1, 0.15) is 0 Å². The molecule has 0 aliphatic carbocycles. The Balaban J connectivity index is 2.96. The molecule has 0 radical (unpaired) electrons. The molecular formula is C7H12N2S. The first kappa shape index (κ1) is 7.69. The Morgan fingerprint density at radius 1 is 1.60 bits per heavy atom. The quantitative estimate of drug-likeness (QED) is 0.704. The zero-order valence-corrected chi connectivity index (χ0v) is 7.16. The van der Waals surface area contributed by atoms with Crippen LogP contribution in [-0.4, -0.2) is 4.98 Å². The average molecular weight is 156 g/mol. The Morgan fingerprint density at radius 3 is 2.70 bits per heavy atom. The Kier molecular flexibility index (Phi) is 2.40. The fraction of sp³-hybridized carbons (Fsp3) is 0.571. The molecule has 0 atom stereocenters. The van der Waals surface area contributed by atoms with Crippen LogP contribution in [0.3, 0.4) is 0 Å². The maximum Gasteiger partial charge on any atom is 0.0900 e. The van der Waals surface area contributed by atoms with Crippen LogP contribution in [0.2, 0.25) is 0 Å². The summed E-state index contributed by atoms with van der Waals surface area (Å²) in [5.41, 5.74) is 6.68. The normalized spacial score (nSPS) is 10.3. The molecule has 0 aliphatic rings. The fourth-order valence-corrected chi connectivity index (χ4v) is 1.85. The van der Waals surface area contributed by atoms with E-state index in [-0.39, 0.29) is 0 Å². The highest BCUT2D eigenvalue weighted by Crippen LogP contribution is 2.17. The molecule has 1 heterocycles. The monoisotopic (exact) mass is 156 g/mol. The van der Waals surface area contributed by atoms with Gasteiger partial charge in [0, 0.05) is 11.4 Å². The van der Waals surface area contributed by atoms with Crippen LogP contribution in [0.5, 0.6) is 0 Å². The van der Waals surface area contributed by atoms with Crippen molar-refractivity contribution in [2.45, 2.75) is 26.8 Å². The van der Waals surface area contributed by atoms with Gasteiger partial charge in [-0.25, -0.2) is 4.98 Å². The molecule has 0 spiro atoms. The highest BCUT2D eigenvalue weighted by Gasteiger charge is 2.03. The molecular weight excluding hydrogens is 144 g/mol. The molecule has 0 bridgehead atoms. The molecule has 0 aromatic carbocycles. The second-order valence-corrected chi connectivity index (χ2v) is 3.45. The van der Waals surface area contributed by atoms with Crippen LogP contribution < -0.4 is 5.73 Å². The number of rotatable bonds is 2. The standard InChI is InChI=1S/C7H12N2S/c1-3-6-7(4-8)10-5(2)9-6/h3-4,8H2,1-2H3.